The van der Waals surface area contributed by atoms with Gasteiger partial charge in [-0.1, -0.05) is 28.9 Å². The first kappa shape index (κ1) is 17.8. The van der Waals surface area contributed by atoms with Gasteiger partial charge in [0, 0.05) is 23.8 Å². The third-order valence-electron chi connectivity index (χ3n) is 4.00. The Labute approximate surface area is 154 Å². The molecule has 0 aliphatic rings. The third-order valence-corrected chi connectivity index (χ3v) is 4.25. The van der Waals surface area contributed by atoms with Gasteiger partial charge in [0.15, 0.2) is 0 Å². The van der Waals surface area contributed by atoms with E-state index in [1.165, 1.54) is 0 Å². The largest absolute Gasteiger partial charge is 0.475 e. The Morgan fingerprint density at radius 2 is 1.96 bits per heavy atom. The van der Waals surface area contributed by atoms with Gasteiger partial charge in [0.05, 0.1) is 11.6 Å². The van der Waals surface area contributed by atoms with E-state index < -0.39 is 12.0 Å². The van der Waals surface area contributed by atoms with Crippen molar-refractivity contribution in [2.75, 3.05) is 0 Å². The summed E-state index contributed by atoms with van der Waals surface area (Å²) in [5.74, 6) is -1.90. The van der Waals surface area contributed by atoms with Crippen LogP contribution in [0.5, 0.6) is 0 Å². The summed E-state index contributed by atoms with van der Waals surface area (Å²) in [5.41, 5.74) is 1.74. The second kappa shape index (κ2) is 7.05. The minimum Gasteiger partial charge on any atom is -0.475 e. The molecule has 3 aromatic rings. The third kappa shape index (κ3) is 3.34. The molecule has 0 fully saturated rings. The Kier molecular flexibility index (Phi) is 4.81. The van der Waals surface area contributed by atoms with Crippen molar-refractivity contribution in [3.63, 3.8) is 0 Å². The van der Waals surface area contributed by atoms with Crippen molar-refractivity contribution in [2.24, 2.45) is 7.05 Å². The lowest BCUT2D eigenvalue weighted by Gasteiger charge is -2.15. The van der Waals surface area contributed by atoms with Crippen LogP contribution in [-0.4, -0.2) is 26.7 Å². The van der Waals surface area contributed by atoms with E-state index >= 15 is 0 Å². The molecule has 0 radical (unpaired) electrons. The molecule has 7 nitrogen and oxygen atoms in total. The van der Waals surface area contributed by atoms with Gasteiger partial charge >= 0.3 is 5.97 Å². The number of benzene rings is 1. The molecular weight excluding hydrogens is 358 g/mol. The average Bonchev–Trinajstić information content (AvgIpc) is 3.21. The molecular formula is C18H16ClN3O4. The number of amides is 1. The van der Waals surface area contributed by atoms with Crippen molar-refractivity contribution in [2.45, 2.75) is 13.0 Å². The van der Waals surface area contributed by atoms with E-state index in [9.17, 15) is 14.7 Å². The van der Waals surface area contributed by atoms with E-state index in [0.717, 1.165) is 0 Å². The van der Waals surface area contributed by atoms with Crippen LogP contribution in [0.15, 0.2) is 47.1 Å². The van der Waals surface area contributed by atoms with Crippen LogP contribution in [0.2, 0.25) is 5.02 Å². The number of aromatic nitrogens is 2. The maximum absolute atomic E-state index is 12.5. The van der Waals surface area contributed by atoms with E-state index in [1.54, 1.807) is 61.1 Å². The zero-order valence-corrected chi connectivity index (χ0v) is 14.8. The molecule has 0 aliphatic heterocycles. The Balaban J connectivity index is 1.98. The predicted octanol–water partition coefficient (Wildman–Crippen LogP) is 3.52. The molecule has 3 rings (SSSR count). The SMILES string of the molecule is C[C@@H](NC(=O)c1cccn1C)c1c(-c2ccc(Cl)cc2)noc1C(=O)O. The number of aryl methyl sites for hydroxylation is 1. The van der Waals surface area contributed by atoms with Crippen LogP contribution in [0.4, 0.5) is 0 Å². The van der Waals surface area contributed by atoms with Gasteiger partial charge in [-0.3, -0.25) is 4.79 Å². The summed E-state index contributed by atoms with van der Waals surface area (Å²) in [6.07, 6.45) is 1.75. The van der Waals surface area contributed by atoms with Gasteiger partial charge in [0.2, 0.25) is 5.76 Å². The first-order valence-electron chi connectivity index (χ1n) is 7.79. The molecule has 0 spiro atoms. The highest BCUT2D eigenvalue weighted by Gasteiger charge is 2.28. The highest BCUT2D eigenvalue weighted by atomic mass is 35.5. The molecule has 0 unspecified atom stereocenters. The van der Waals surface area contributed by atoms with Crippen molar-refractivity contribution in [3.05, 3.63) is 64.6 Å². The van der Waals surface area contributed by atoms with Crippen molar-refractivity contribution >= 4 is 23.5 Å². The van der Waals surface area contributed by atoms with Gasteiger partial charge in [-0.15, -0.1) is 0 Å². The van der Waals surface area contributed by atoms with Crippen molar-refractivity contribution in [1.82, 2.24) is 15.0 Å². The highest BCUT2D eigenvalue weighted by molar-refractivity contribution is 6.30. The number of carboxylic acids is 1. The van der Waals surface area contributed by atoms with Crippen LogP contribution < -0.4 is 5.32 Å². The summed E-state index contributed by atoms with van der Waals surface area (Å²) in [5, 5.41) is 16.6. The molecule has 134 valence electrons. The van der Waals surface area contributed by atoms with E-state index in [2.05, 4.69) is 10.5 Å². The summed E-state index contributed by atoms with van der Waals surface area (Å²) in [6, 6.07) is 9.54. The summed E-state index contributed by atoms with van der Waals surface area (Å²) < 4.78 is 6.69. The lowest BCUT2D eigenvalue weighted by atomic mass is 10.0. The number of carbonyl (C=O) groups is 2. The molecule has 1 aromatic carbocycles. The second-order valence-corrected chi connectivity index (χ2v) is 6.22. The maximum Gasteiger partial charge on any atom is 0.375 e. The van der Waals surface area contributed by atoms with Crippen LogP contribution >= 0.6 is 11.6 Å². The second-order valence-electron chi connectivity index (χ2n) is 5.79. The molecule has 0 aliphatic carbocycles. The van der Waals surface area contributed by atoms with E-state index in [1.807, 2.05) is 0 Å². The van der Waals surface area contributed by atoms with Crippen LogP contribution in [0, 0.1) is 0 Å². The fourth-order valence-electron chi connectivity index (χ4n) is 2.71. The molecule has 2 aromatic heterocycles. The summed E-state index contributed by atoms with van der Waals surface area (Å²) in [6.45, 7) is 1.68. The number of carboxylic acid groups (broad SMARTS) is 1. The zero-order valence-electron chi connectivity index (χ0n) is 14.1. The fourth-order valence-corrected chi connectivity index (χ4v) is 2.83. The Morgan fingerprint density at radius 1 is 1.27 bits per heavy atom. The van der Waals surface area contributed by atoms with Gasteiger partial charge in [0.1, 0.15) is 11.4 Å². The molecule has 2 heterocycles. The summed E-state index contributed by atoms with van der Waals surface area (Å²) in [7, 11) is 1.75. The normalized spacial score (nSPS) is 12.0. The summed E-state index contributed by atoms with van der Waals surface area (Å²) in [4.78, 5) is 24.0. The number of hydrogen-bond donors (Lipinski definition) is 2. The molecule has 0 saturated heterocycles. The molecule has 0 bridgehead atoms. The Morgan fingerprint density at radius 3 is 2.54 bits per heavy atom. The number of aromatic carboxylic acids is 1. The molecule has 1 atom stereocenters. The van der Waals surface area contributed by atoms with Gasteiger partial charge in [0.25, 0.3) is 5.91 Å². The summed E-state index contributed by atoms with van der Waals surface area (Å²) >= 11 is 5.90. The Bertz CT molecular complexity index is 959. The van der Waals surface area contributed by atoms with Crippen LogP contribution in [0.1, 0.15) is 39.6 Å². The van der Waals surface area contributed by atoms with E-state index in [0.29, 0.717) is 27.5 Å². The quantitative estimate of drug-likeness (QED) is 0.713. The molecule has 2 N–H and O–H groups in total. The van der Waals surface area contributed by atoms with E-state index in [4.69, 9.17) is 16.1 Å². The van der Waals surface area contributed by atoms with Crippen LogP contribution in [-0.2, 0) is 7.05 Å². The molecule has 1 amide bonds. The highest BCUT2D eigenvalue weighted by Crippen LogP contribution is 2.31. The molecule has 26 heavy (non-hydrogen) atoms. The molecule has 0 saturated carbocycles. The standard InChI is InChI=1S/C18H16ClN3O4/c1-10(20-17(23)13-4-3-9-22(13)2)14-15(21-26-16(14)18(24)25)11-5-7-12(19)8-6-11/h3-10H,1-2H3,(H,20,23)(H,24,25)/t10-/m1/s1. The minimum absolute atomic E-state index is 0.294. The minimum atomic E-state index is -1.26. The van der Waals surface area contributed by atoms with Gasteiger partial charge < -0.3 is 19.5 Å². The van der Waals surface area contributed by atoms with Crippen molar-refractivity contribution in [1.29, 1.82) is 0 Å². The van der Waals surface area contributed by atoms with Crippen molar-refractivity contribution < 1.29 is 19.2 Å². The van der Waals surface area contributed by atoms with Crippen LogP contribution in [0.25, 0.3) is 11.3 Å². The van der Waals surface area contributed by atoms with Gasteiger partial charge in [-0.05, 0) is 31.2 Å². The number of hydrogen-bond acceptors (Lipinski definition) is 4. The topological polar surface area (TPSA) is 97.4 Å². The lowest BCUT2D eigenvalue weighted by Crippen LogP contribution is -2.29. The smallest absolute Gasteiger partial charge is 0.375 e. The molecule has 8 heteroatoms. The lowest BCUT2D eigenvalue weighted by molar-refractivity contribution is 0.0648. The Hall–Kier alpha value is -3.06. The van der Waals surface area contributed by atoms with Crippen molar-refractivity contribution in [3.8, 4) is 11.3 Å². The first-order chi connectivity index (χ1) is 12.4. The van der Waals surface area contributed by atoms with E-state index in [-0.39, 0.29) is 11.7 Å². The number of carbonyl (C=O) groups excluding carboxylic acids is 1. The van der Waals surface area contributed by atoms with Gasteiger partial charge in [-0.25, -0.2) is 4.79 Å². The monoisotopic (exact) mass is 373 g/mol. The number of nitrogens with zero attached hydrogens (tertiary/aromatic N) is 2. The number of nitrogens with one attached hydrogen (secondary N) is 1. The zero-order chi connectivity index (χ0) is 18.8. The fraction of sp³-hybridized carbons (Fsp3) is 0.167. The first-order valence-corrected chi connectivity index (χ1v) is 8.17. The maximum atomic E-state index is 12.5. The van der Waals surface area contributed by atoms with Gasteiger partial charge in [-0.2, -0.15) is 0 Å². The predicted molar refractivity (Wildman–Crippen MR) is 95.2 cm³/mol. The van der Waals surface area contributed by atoms with Crippen LogP contribution in [0.3, 0.4) is 0 Å². The average molecular weight is 374 g/mol. The number of halogens is 1. The number of rotatable bonds is 5.